The molecule has 0 radical (unpaired) electrons. The second-order valence-electron chi connectivity index (χ2n) is 6.75. The summed E-state index contributed by atoms with van der Waals surface area (Å²) in [7, 11) is 0. The van der Waals surface area contributed by atoms with E-state index in [1.807, 2.05) is 56.3 Å². The van der Waals surface area contributed by atoms with Crippen molar-refractivity contribution in [1.29, 1.82) is 0 Å². The molecular weight excluding hydrogens is 378 g/mol. The lowest BCUT2D eigenvalue weighted by molar-refractivity contribution is 0.102. The van der Waals surface area contributed by atoms with Gasteiger partial charge in [-0.2, -0.15) is 4.98 Å². The second kappa shape index (κ2) is 8.61. The molecule has 0 atom stereocenters. The number of nitrogens with zero attached hydrogens (tertiary/aromatic N) is 2. The SMILES string of the molecule is CCOc1ccc(C(=O)Nc2ccccc2-c2nc(-c3ccc(C)cc3)no2)cc1. The zero-order valence-electron chi connectivity index (χ0n) is 16.8. The van der Waals surface area contributed by atoms with Crippen LogP contribution in [0.2, 0.25) is 0 Å². The van der Waals surface area contributed by atoms with E-state index in [2.05, 4.69) is 15.5 Å². The highest BCUT2D eigenvalue weighted by Gasteiger charge is 2.16. The molecule has 30 heavy (non-hydrogen) atoms. The van der Waals surface area contributed by atoms with Crippen molar-refractivity contribution in [2.24, 2.45) is 0 Å². The van der Waals surface area contributed by atoms with Gasteiger partial charge in [-0.15, -0.1) is 0 Å². The van der Waals surface area contributed by atoms with Crippen LogP contribution >= 0.6 is 0 Å². The maximum absolute atomic E-state index is 12.7. The number of ether oxygens (including phenoxy) is 1. The molecule has 1 aromatic heterocycles. The average molecular weight is 399 g/mol. The Hall–Kier alpha value is -3.93. The van der Waals surface area contributed by atoms with Gasteiger partial charge in [0.05, 0.1) is 17.9 Å². The molecule has 6 heteroatoms. The number of anilines is 1. The van der Waals surface area contributed by atoms with Gasteiger partial charge in [-0.3, -0.25) is 4.79 Å². The van der Waals surface area contributed by atoms with Crippen LogP contribution < -0.4 is 10.1 Å². The average Bonchev–Trinajstić information content (AvgIpc) is 3.25. The van der Waals surface area contributed by atoms with Gasteiger partial charge in [0.1, 0.15) is 5.75 Å². The van der Waals surface area contributed by atoms with Gasteiger partial charge in [0.25, 0.3) is 11.8 Å². The van der Waals surface area contributed by atoms with Crippen molar-refractivity contribution in [2.45, 2.75) is 13.8 Å². The minimum atomic E-state index is -0.233. The van der Waals surface area contributed by atoms with E-state index < -0.39 is 0 Å². The number of aromatic nitrogens is 2. The van der Waals surface area contributed by atoms with E-state index in [0.29, 0.717) is 35.1 Å². The van der Waals surface area contributed by atoms with Gasteiger partial charge in [-0.05, 0) is 50.2 Å². The second-order valence-corrected chi connectivity index (χ2v) is 6.75. The van der Waals surface area contributed by atoms with E-state index in [4.69, 9.17) is 9.26 Å². The highest BCUT2D eigenvalue weighted by Crippen LogP contribution is 2.29. The van der Waals surface area contributed by atoms with Crippen LogP contribution in [0.4, 0.5) is 5.69 Å². The van der Waals surface area contributed by atoms with E-state index >= 15 is 0 Å². The summed E-state index contributed by atoms with van der Waals surface area (Å²) in [4.78, 5) is 17.2. The molecule has 0 aliphatic rings. The molecule has 0 saturated carbocycles. The molecule has 0 unspecified atom stereocenters. The molecule has 4 aromatic rings. The van der Waals surface area contributed by atoms with Crippen molar-refractivity contribution in [3.05, 3.63) is 83.9 Å². The van der Waals surface area contributed by atoms with Gasteiger partial charge in [-0.25, -0.2) is 0 Å². The lowest BCUT2D eigenvalue weighted by Gasteiger charge is -2.09. The molecule has 4 rings (SSSR count). The first-order valence-corrected chi connectivity index (χ1v) is 9.68. The molecule has 1 heterocycles. The Kier molecular flexibility index (Phi) is 5.57. The van der Waals surface area contributed by atoms with Crippen LogP contribution in [-0.4, -0.2) is 22.7 Å². The first kappa shape index (κ1) is 19.4. The zero-order chi connectivity index (χ0) is 20.9. The summed E-state index contributed by atoms with van der Waals surface area (Å²) in [6.07, 6.45) is 0. The number of nitrogens with one attached hydrogen (secondary N) is 1. The Morgan fingerprint density at radius 2 is 1.73 bits per heavy atom. The summed E-state index contributed by atoms with van der Waals surface area (Å²) in [5.74, 6) is 1.33. The largest absolute Gasteiger partial charge is 0.494 e. The molecule has 0 aliphatic heterocycles. The number of aryl methyl sites for hydroxylation is 1. The predicted molar refractivity (Wildman–Crippen MR) is 115 cm³/mol. The molecule has 0 saturated heterocycles. The molecular formula is C24H21N3O3. The van der Waals surface area contributed by atoms with Crippen molar-refractivity contribution in [1.82, 2.24) is 10.1 Å². The number of hydrogen-bond donors (Lipinski definition) is 1. The molecule has 1 N–H and O–H groups in total. The number of hydrogen-bond acceptors (Lipinski definition) is 5. The lowest BCUT2D eigenvalue weighted by Crippen LogP contribution is -2.12. The fourth-order valence-electron chi connectivity index (χ4n) is 3.00. The number of carbonyl (C=O) groups excluding carboxylic acids is 1. The summed E-state index contributed by atoms with van der Waals surface area (Å²) in [5, 5.41) is 7.01. The van der Waals surface area contributed by atoms with Gasteiger partial charge in [0, 0.05) is 11.1 Å². The smallest absolute Gasteiger partial charge is 0.260 e. The van der Waals surface area contributed by atoms with Crippen molar-refractivity contribution in [3.63, 3.8) is 0 Å². The van der Waals surface area contributed by atoms with Crippen molar-refractivity contribution in [3.8, 4) is 28.6 Å². The summed E-state index contributed by atoms with van der Waals surface area (Å²) in [6.45, 7) is 4.52. The maximum atomic E-state index is 12.7. The minimum Gasteiger partial charge on any atom is -0.494 e. The summed E-state index contributed by atoms with van der Waals surface area (Å²) < 4.78 is 10.9. The summed E-state index contributed by atoms with van der Waals surface area (Å²) >= 11 is 0. The Bertz CT molecular complexity index is 1150. The highest BCUT2D eigenvalue weighted by molar-refractivity contribution is 6.06. The van der Waals surface area contributed by atoms with E-state index in [9.17, 15) is 4.79 Å². The van der Waals surface area contributed by atoms with Crippen LogP contribution in [0.5, 0.6) is 5.75 Å². The van der Waals surface area contributed by atoms with E-state index in [-0.39, 0.29) is 5.91 Å². The van der Waals surface area contributed by atoms with Gasteiger partial charge in [-0.1, -0.05) is 47.1 Å². The van der Waals surface area contributed by atoms with Crippen LogP contribution in [0.3, 0.4) is 0 Å². The van der Waals surface area contributed by atoms with Crippen LogP contribution in [-0.2, 0) is 0 Å². The minimum absolute atomic E-state index is 0.233. The maximum Gasteiger partial charge on any atom is 0.260 e. The van der Waals surface area contributed by atoms with Crippen molar-refractivity contribution < 1.29 is 14.1 Å². The van der Waals surface area contributed by atoms with E-state index in [1.54, 1.807) is 30.3 Å². The fraction of sp³-hybridized carbons (Fsp3) is 0.125. The highest BCUT2D eigenvalue weighted by atomic mass is 16.5. The molecule has 3 aromatic carbocycles. The third kappa shape index (κ3) is 4.22. The van der Waals surface area contributed by atoms with E-state index in [1.165, 1.54) is 0 Å². The first-order chi connectivity index (χ1) is 14.6. The molecule has 150 valence electrons. The van der Waals surface area contributed by atoms with Gasteiger partial charge in [0.15, 0.2) is 0 Å². The van der Waals surface area contributed by atoms with Crippen molar-refractivity contribution in [2.75, 3.05) is 11.9 Å². The third-order valence-electron chi connectivity index (χ3n) is 4.57. The standard InChI is InChI=1S/C24H21N3O3/c1-3-29-19-14-12-18(13-15-19)23(28)25-21-7-5-4-6-20(21)24-26-22(27-30-24)17-10-8-16(2)9-11-17/h4-15H,3H2,1-2H3,(H,25,28). The number of para-hydroxylation sites is 1. The molecule has 0 fully saturated rings. The Balaban J connectivity index is 1.57. The normalized spacial score (nSPS) is 10.6. The van der Waals surface area contributed by atoms with Crippen LogP contribution in [0.1, 0.15) is 22.8 Å². The topological polar surface area (TPSA) is 77.2 Å². The molecule has 0 aliphatic carbocycles. The van der Waals surface area contributed by atoms with Crippen molar-refractivity contribution >= 4 is 11.6 Å². The van der Waals surface area contributed by atoms with Gasteiger partial charge >= 0.3 is 0 Å². The van der Waals surface area contributed by atoms with Gasteiger partial charge in [0.2, 0.25) is 5.82 Å². The summed E-state index contributed by atoms with van der Waals surface area (Å²) in [5.41, 5.74) is 3.80. The van der Waals surface area contributed by atoms with Crippen LogP contribution in [0.15, 0.2) is 77.3 Å². The number of benzene rings is 3. The molecule has 0 bridgehead atoms. The Morgan fingerprint density at radius 3 is 2.47 bits per heavy atom. The number of rotatable bonds is 6. The Morgan fingerprint density at radius 1 is 1.00 bits per heavy atom. The molecule has 0 spiro atoms. The van der Waals surface area contributed by atoms with Crippen LogP contribution in [0, 0.1) is 6.92 Å². The van der Waals surface area contributed by atoms with Gasteiger partial charge < -0.3 is 14.6 Å². The van der Waals surface area contributed by atoms with E-state index in [0.717, 1.165) is 16.9 Å². The monoisotopic (exact) mass is 399 g/mol. The molecule has 1 amide bonds. The Labute approximate surface area is 174 Å². The van der Waals surface area contributed by atoms with Crippen LogP contribution in [0.25, 0.3) is 22.8 Å². The fourth-order valence-corrected chi connectivity index (χ4v) is 3.00. The summed E-state index contributed by atoms with van der Waals surface area (Å²) in [6, 6.07) is 22.2. The first-order valence-electron chi connectivity index (χ1n) is 9.68. The molecule has 6 nitrogen and oxygen atoms in total. The number of amides is 1. The quantitative estimate of drug-likeness (QED) is 0.472. The zero-order valence-corrected chi connectivity index (χ0v) is 16.8. The lowest BCUT2D eigenvalue weighted by atomic mass is 10.1. The third-order valence-corrected chi connectivity index (χ3v) is 4.57. The number of carbonyl (C=O) groups is 1. The predicted octanol–water partition coefficient (Wildman–Crippen LogP) is 5.36.